The molecular formula is C14H19N3OS. The minimum absolute atomic E-state index is 0.340. The minimum atomic E-state index is 0.340. The fraction of sp³-hybridized carbons (Fsp3) is 0.429. The molecule has 2 N–H and O–H groups in total. The molecule has 0 bridgehead atoms. The fourth-order valence-corrected chi connectivity index (χ4v) is 2.33. The molecule has 1 aromatic carbocycles. The molecule has 0 spiro atoms. The first-order valence-electron chi connectivity index (χ1n) is 6.43. The Kier molecular flexibility index (Phi) is 4.85. The molecule has 2 aromatic rings. The first kappa shape index (κ1) is 13.9. The van der Waals surface area contributed by atoms with Gasteiger partial charge in [-0.3, -0.25) is 0 Å². The van der Waals surface area contributed by atoms with E-state index in [1.165, 1.54) is 5.56 Å². The predicted molar refractivity (Wildman–Crippen MR) is 79.1 cm³/mol. The number of thioether (sulfide) groups is 1. The number of nitrogens with two attached hydrogens (primary N) is 1. The molecule has 1 unspecified atom stereocenters. The lowest BCUT2D eigenvalue weighted by Gasteiger charge is -2.09. The van der Waals surface area contributed by atoms with Crippen molar-refractivity contribution in [1.29, 1.82) is 0 Å². The van der Waals surface area contributed by atoms with Crippen LogP contribution in [0.25, 0.3) is 0 Å². The van der Waals surface area contributed by atoms with Crippen LogP contribution in [0.5, 0.6) is 0 Å². The molecule has 1 atom stereocenters. The molecule has 19 heavy (non-hydrogen) atoms. The monoisotopic (exact) mass is 277 g/mol. The van der Waals surface area contributed by atoms with Crippen LogP contribution < -0.4 is 5.73 Å². The van der Waals surface area contributed by atoms with Crippen molar-refractivity contribution < 1.29 is 4.52 Å². The van der Waals surface area contributed by atoms with Gasteiger partial charge in [0.2, 0.25) is 5.89 Å². The largest absolute Gasteiger partial charge is 0.399 e. The topological polar surface area (TPSA) is 64.9 Å². The molecule has 0 amide bonds. The molecule has 0 aliphatic carbocycles. The summed E-state index contributed by atoms with van der Waals surface area (Å²) in [6.45, 7) is 4.27. The maximum absolute atomic E-state index is 5.69. The van der Waals surface area contributed by atoms with Crippen molar-refractivity contribution in [3.05, 3.63) is 41.5 Å². The Morgan fingerprint density at radius 1 is 1.32 bits per heavy atom. The highest BCUT2D eigenvalue weighted by atomic mass is 32.2. The zero-order valence-electron chi connectivity index (χ0n) is 11.3. The summed E-state index contributed by atoms with van der Waals surface area (Å²) in [5, 5.41) is 3.99. The van der Waals surface area contributed by atoms with E-state index < -0.39 is 0 Å². The molecule has 1 aromatic heterocycles. The van der Waals surface area contributed by atoms with Crippen molar-refractivity contribution in [2.75, 3.05) is 11.5 Å². The molecule has 0 fully saturated rings. The van der Waals surface area contributed by atoms with Gasteiger partial charge in [-0.1, -0.05) is 31.1 Å². The van der Waals surface area contributed by atoms with Crippen LogP contribution in [0.1, 0.15) is 37.0 Å². The number of hydrogen-bond acceptors (Lipinski definition) is 5. The lowest BCUT2D eigenvalue weighted by atomic mass is 9.98. The number of nitrogen functional groups attached to an aromatic ring is 1. The summed E-state index contributed by atoms with van der Waals surface area (Å²) in [5.74, 6) is 3.71. The first-order chi connectivity index (χ1) is 9.19. The minimum Gasteiger partial charge on any atom is -0.399 e. The van der Waals surface area contributed by atoms with Crippen molar-refractivity contribution in [3.63, 3.8) is 0 Å². The molecular weight excluding hydrogens is 258 g/mol. The zero-order chi connectivity index (χ0) is 13.7. The molecule has 0 aliphatic rings. The smallest absolute Gasteiger partial charge is 0.227 e. The van der Waals surface area contributed by atoms with E-state index in [2.05, 4.69) is 24.0 Å². The highest BCUT2D eigenvalue weighted by molar-refractivity contribution is 7.98. The zero-order valence-corrected chi connectivity index (χ0v) is 12.1. The second-order valence-corrected chi connectivity index (χ2v) is 5.79. The maximum atomic E-state index is 5.69. The lowest BCUT2D eigenvalue weighted by molar-refractivity contribution is 0.368. The van der Waals surface area contributed by atoms with Crippen LogP contribution in [0.15, 0.2) is 28.8 Å². The number of benzene rings is 1. The van der Waals surface area contributed by atoms with Gasteiger partial charge in [-0.15, -0.1) is 0 Å². The van der Waals surface area contributed by atoms with Gasteiger partial charge >= 0.3 is 0 Å². The van der Waals surface area contributed by atoms with Gasteiger partial charge in [0.1, 0.15) is 0 Å². The van der Waals surface area contributed by atoms with Gasteiger partial charge in [-0.05, 0) is 29.4 Å². The number of hydrogen-bond donors (Lipinski definition) is 1. The van der Waals surface area contributed by atoms with Gasteiger partial charge in [0.25, 0.3) is 0 Å². The van der Waals surface area contributed by atoms with Crippen molar-refractivity contribution in [1.82, 2.24) is 10.1 Å². The van der Waals surface area contributed by atoms with Crippen LogP contribution in [0.3, 0.4) is 0 Å². The van der Waals surface area contributed by atoms with E-state index in [-0.39, 0.29) is 0 Å². The van der Waals surface area contributed by atoms with Gasteiger partial charge in [0.05, 0.1) is 5.75 Å². The van der Waals surface area contributed by atoms with Crippen LogP contribution in [0.2, 0.25) is 0 Å². The molecule has 2 rings (SSSR count). The number of anilines is 1. The third-order valence-electron chi connectivity index (χ3n) is 2.93. The standard InChI is InChI=1S/C14H19N3OS/c1-3-19-9-13-16-14(18-17-13)8-10(2)11-4-6-12(15)7-5-11/h4-7,10H,3,8-9,15H2,1-2H3. The van der Waals surface area contributed by atoms with Gasteiger partial charge in [-0.25, -0.2) is 0 Å². The summed E-state index contributed by atoms with van der Waals surface area (Å²) in [6, 6.07) is 7.93. The number of rotatable bonds is 6. The Balaban J connectivity index is 1.96. The highest BCUT2D eigenvalue weighted by Crippen LogP contribution is 2.21. The second-order valence-electron chi connectivity index (χ2n) is 4.51. The van der Waals surface area contributed by atoms with Crippen LogP contribution >= 0.6 is 11.8 Å². The number of nitrogens with zero attached hydrogens (tertiary/aromatic N) is 2. The van der Waals surface area contributed by atoms with Crippen LogP contribution in [0.4, 0.5) is 5.69 Å². The summed E-state index contributed by atoms with van der Waals surface area (Å²) in [7, 11) is 0. The molecule has 0 saturated carbocycles. The third-order valence-corrected chi connectivity index (χ3v) is 3.80. The van der Waals surface area contributed by atoms with Crippen LogP contribution in [0, 0.1) is 0 Å². The summed E-state index contributed by atoms with van der Waals surface area (Å²) in [6.07, 6.45) is 0.758. The molecule has 5 heteroatoms. The van der Waals surface area contributed by atoms with Crippen molar-refractivity contribution >= 4 is 17.4 Å². The molecule has 102 valence electrons. The Labute approximate surface area is 117 Å². The summed E-state index contributed by atoms with van der Waals surface area (Å²) >= 11 is 1.79. The van der Waals surface area contributed by atoms with Gasteiger partial charge < -0.3 is 10.3 Å². The van der Waals surface area contributed by atoms with E-state index in [9.17, 15) is 0 Å². The predicted octanol–water partition coefficient (Wildman–Crippen LogP) is 3.25. The van der Waals surface area contributed by atoms with Gasteiger partial charge in [-0.2, -0.15) is 16.7 Å². The summed E-state index contributed by atoms with van der Waals surface area (Å²) in [4.78, 5) is 4.41. The van der Waals surface area contributed by atoms with E-state index in [0.29, 0.717) is 11.8 Å². The van der Waals surface area contributed by atoms with Gasteiger partial charge in [0, 0.05) is 12.1 Å². The SMILES string of the molecule is CCSCc1noc(CC(C)c2ccc(N)cc2)n1. The number of aromatic nitrogens is 2. The molecule has 4 nitrogen and oxygen atoms in total. The first-order valence-corrected chi connectivity index (χ1v) is 7.59. The Hall–Kier alpha value is -1.49. The normalized spacial score (nSPS) is 12.5. The van der Waals surface area contributed by atoms with E-state index in [1.807, 2.05) is 24.3 Å². The van der Waals surface area contributed by atoms with E-state index in [4.69, 9.17) is 10.3 Å². The van der Waals surface area contributed by atoms with Gasteiger partial charge in [0.15, 0.2) is 5.82 Å². The Morgan fingerprint density at radius 2 is 2.05 bits per heavy atom. The lowest BCUT2D eigenvalue weighted by Crippen LogP contribution is -1.99. The highest BCUT2D eigenvalue weighted by Gasteiger charge is 2.12. The second kappa shape index (κ2) is 6.61. The van der Waals surface area contributed by atoms with Crippen LogP contribution in [-0.4, -0.2) is 15.9 Å². The summed E-state index contributed by atoms with van der Waals surface area (Å²) in [5.41, 5.74) is 7.70. The average molecular weight is 277 g/mol. The fourth-order valence-electron chi connectivity index (χ4n) is 1.83. The summed E-state index contributed by atoms with van der Waals surface area (Å²) < 4.78 is 5.28. The quantitative estimate of drug-likeness (QED) is 0.821. The molecule has 1 heterocycles. The Morgan fingerprint density at radius 3 is 2.74 bits per heavy atom. The van der Waals surface area contributed by atoms with E-state index >= 15 is 0 Å². The molecule has 0 aliphatic heterocycles. The Bertz CT molecular complexity index is 510. The van der Waals surface area contributed by atoms with Crippen molar-refractivity contribution in [2.45, 2.75) is 31.9 Å². The van der Waals surface area contributed by atoms with Crippen molar-refractivity contribution in [3.8, 4) is 0 Å². The van der Waals surface area contributed by atoms with Crippen LogP contribution in [-0.2, 0) is 12.2 Å². The van der Waals surface area contributed by atoms with Crippen molar-refractivity contribution in [2.24, 2.45) is 0 Å². The van der Waals surface area contributed by atoms with E-state index in [0.717, 1.165) is 29.4 Å². The average Bonchev–Trinajstić information content (AvgIpc) is 2.84. The third kappa shape index (κ3) is 3.99. The maximum Gasteiger partial charge on any atom is 0.227 e. The molecule has 0 saturated heterocycles. The molecule has 0 radical (unpaired) electrons. The van der Waals surface area contributed by atoms with E-state index in [1.54, 1.807) is 11.8 Å².